The molecule has 0 aliphatic rings. The summed E-state index contributed by atoms with van der Waals surface area (Å²) in [5, 5.41) is 5.17. The SMILES string of the molecule is CCOc1cc(C)c(-c2nc3ccccc3c(=O)n2N=Cc2cc(Br)cc(OC)c2OC(C)C)cc1C(C)C. The molecule has 1 heterocycles. The third-order valence-corrected chi connectivity index (χ3v) is 6.67. The maximum Gasteiger partial charge on any atom is 0.282 e. The Kier molecular flexibility index (Phi) is 8.75. The van der Waals surface area contributed by atoms with E-state index in [2.05, 4.69) is 35.8 Å². The van der Waals surface area contributed by atoms with Gasteiger partial charge in [0.25, 0.3) is 5.56 Å². The average molecular weight is 593 g/mol. The van der Waals surface area contributed by atoms with Gasteiger partial charge in [-0.25, -0.2) is 4.98 Å². The molecule has 4 aromatic rings. The first-order chi connectivity index (χ1) is 18.6. The van der Waals surface area contributed by atoms with E-state index in [0.717, 1.165) is 26.9 Å². The Morgan fingerprint density at radius 2 is 1.82 bits per heavy atom. The quantitative estimate of drug-likeness (QED) is 0.190. The lowest BCUT2D eigenvalue weighted by molar-refractivity contribution is 0.229. The molecule has 0 aliphatic heterocycles. The fourth-order valence-electron chi connectivity index (χ4n) is 4.39. The molecule has 7 nitrogen and oxygen atoms in total. The van der Waals surface area contributed by atoms with Crippen molar-refractivity contribution in [1.82, 2.24) is 9.66 Å². The summed E-state index contributed by atoms with van der Waals surface area (Å²) < 4.78 is 19.7. The van der Waals surface area contributed by atoms with Gasteiger partial charge in [-0.2, -0.15) is 9.78 Å². The number of methoxy groups -OCH3 is 1. The standard InChI is InChI=1S/C31H34BrN3O4/c1-8-38-27-13-20(6)25(16-24(27)18(2)3)30-34-26-12-10-9-11-23(26)31(36)35(30)33-17-21-14-22(32)15-28(37-7)29(21)39-19(4)5/h9-19H,8H2,1-7H3. The zero-order chi connectivity index (χ0) is 28.3. The number of hydrogen-bond donors (Lipinski definition) is 0. The number of nitrogens with zero attached hydrogens (tertiary/aromatic N) is 3. The van der Waals surface area contributed by atoms with Gasteiger partial charge < -0.3 is 14.2 Å². The monoisotopic (exact) mass is 591 g/mol. The lowest BCUT2D eigenvalue weighted by Crippen LogP contribution is -2.21. The van der Waals surface area contributed by atoms with Gasteiger partial charge in [-0.15, -0.1) is 0 Å². The molecule has 0 N–H and O–H groups in total. The van der Waals surface area contributed by atoms with Crippen LogP contribution in [0.4, 0.5) is 0 Å². The Bertz CT molecular complexity index is 1590. The van der Waals surface area contributed by atoms with Gasteiger partial charge in [0.2, 0.25) is 0 Å². The average Bonchev–Trinajstić information content (AvgIpc) is 2.89. The van der Waals surface area contributed by atoms with Crippen LogP contribution in [-0.4, -0.2) is 35.7 Å². The van der Waals surface area contributed by atoms with E-state index in [-0.39, 0.29) is 17.6 Å². The second-order valence-electron chi connectivity index (χ2n) is 9.80. The van der Waals surface area contributed by atoms with Gasteiger partial charge in [-0.05, 0) is 81.1 Å². The number of halogens is 1. The molecule has 0 unspecified atom stereocenters. The van der Waals surface area contributed by atoms with Crippen LogP contribution >= 0.6 is 15.9 Å². The van der Waals surface area contributed by atoms with Crippen molar-refractivity contribution in [3.05, 3.63) is 80.0 Å². The van der Waals surface area contributed by atoms with E-state index in [1.165, 1.54) is 4.68 Å². The maximum absolute atomic E-state index is 13.8. The molecule has 0 saturated heterocycles. The van der Waals surface area contributed by atoms with E-state index in [0.29, 0.717) is 40.4 Å². The van der Waals surface area contributed by atoms with Crippen molar-refractivity contribution in [2.45, 2.75) is 53.6 Å². The van der Waals surface area contributed by atoms with E-state index in [1.807, 2.05) is 64.1 Å². The molecule has 0 bridgehead atoms. The number of ether oxygens (including phenoxy) is 3. The van der Waals surface area contributed by atoms with Crippen molar-refractivity contribution in [2.75, 3.05) is 13.7 Å². The minimum Gasteiger partial charge on any atom is -0.494 e. The van der Waals surface area contributed by atoms with Crippen LogP contribution in [-0.2, 0) is 0 Å². The Morgan fingerprint density at radius 3 is 2.49 bits per heavy atom. The minimum atomic E-state index is -0.264. The molecule has 0 amide bonds. The van der Waals surface area contributed by atoms with Gasteiger partial charge in [-0.3, -0.25) is 4.79 Å². The van der Waals surface area contributed by atoms with Crippen molar-refractivity contribution >= 4 is 33.0 Å². The van der Waals surface area contributed by atoms with Gasteiger partial charge in [-0.1, -0.05) is 41.9 Å². The predicted molar refractivity (Wildman–Crippen MR) is 161 cm³/mol. The molecule has 0 radical (unpaired) electrons. The van der Waals surface area contributed by atoms with Crippen molar-refractivity contribution in [1.29, 1.82) is 0 Å². The molecule has 0 aliphatic carbocycles. The van der Waals surface area contributed by atoms with E-state index in [4.69, 9.17) is 24.3 Å². The molecule has 39 heavy (non-hydrogen) atoms. The summed E-state index contributed by atoms with van der Waals surface area (Å²) in [4.78, 5) is 18.7. The minimum absolute atomic E-state index is 0.0891. The third-order valence-electron chi connectivity index (χ3n) is 6.21. The third kappa shape index (κ3) is 6.01. The van der Waals surface area contributed by atoms with Gasteiger partial charge in [0.15, 0.2) is 17.3 Å². The summed E-state index contributed by atoms with van der Waals surface area (Å²) in [6.45, 7) is 12.7. The van der Waals surface area contributed by atoms with Crippen LogP contribution in [0.2, 0.25) is 0 Å². The fourth-order valence-corrected chi connectivity index (χ4v) is 4.85. The first kappa shape index (κ1) is 28.4. The Labute approximate surface area is 237 Å². The molecular formula is C31H34BrN3O4. The van der Waals surface area contributed by atoms with E-state index >= 15 is 0 Å². The zero-order valence-electron chi connectivity index (χ0n) is 23.4. The summed E-state index contributed by atoms with van der Waals surface area (Å²) in [5.41, 5.74) is 3.79. The van der Waals surface area contributed by atoms with Crippen molar-refractivity contribution < 1.29 is 14.2 Å². The van der Waals surface area contributed by atoms with Crippen molar-refractivity contribution in [3.63, 3.8) is 0 Å². The highest BCUT2D eigenvalue weighted by molar-refractivity contribution is 9.10. The van der Waals surface area contributed by atoms with Crippen LogP contribution in [0.25, 0.3) is 22.3 Å². The molecule has 4 rings (SSSR count). The van der Waals surface area contributed by atoms with Gasteiger partial charge >= 0.3 is 0 Å². The molecule has 0 atom stereocenters. The molecule has 3 aromatic carbocycles. The Hall–Kier alpha value is -3.65. The summed E-state index contributed by atoms with van der Waals surface area (Å²) >= 11 is 3.54. The first-order valence-electron chi connectivity index (χ1n) is 13.0. The second-order valence-corrected chi connectivity index (χ2v) is 10.7. The molecule has 0 saturated carbocycles. The normalized spacial score (nSPS) is 11.6. The molecule has 0 fully saturated rings. The number of aromatic nitrogens is 2. The molecule has 1 aromatic heterocycles. The zero-order valence-corrected chi connectivity index (χ0v) is 25.0. The van der Waals surface area contributed by atoms with Gasteiger partial charge in [0, 0.05) is 15.6 Å². The number of fused-ring (bicyclic) bond motifs is 1. The molecule has 0 spiro atoms. The summed E-state index contributed by atoms with van der Waals surface area (Å²) in [7, 11) is 1.59. The summed E-state index contributed by atoms with van der Waals surface area (Å²) in [6, 6.07) is 15.1. The largest absolute Gasteiger partial charge is 0.494 e. The van der Waals surface area contributed by atoms with Crippen molar-refractivity contribution in [3.8, 4) is 28.6 Å². The molecule has 204 valence electrons. The maximum atomic E-state index is 13.8. The lowest BCUT2D eigenvalue weighted by Gasteiger charge is -2.18. The van der Waals surface area contributed by atoms with E-state index < -0.39 is 0 Å². The van der Waals surface area contributed by atoms with E-state index in [9.17, 15) is 4.79 Å². The van der Waals surface area contributed by atoms with Crippen molar-refractivity contribution in [2.24, 2.45) is 5.10 Å². The van der Waals surface area contributed by atoms with Crippen LogP contribution in [0.3, 0.4) is 0 Å². The van der Waals surface area contributed by atoms with Gasteiger partial charge in [0.05, 0.1) is 36.9 Å². The predicted octanol–water partition coefficient (Wildman–Crippen LogP) is 7.33. The smallest absolute Gasteiger partial charge is 0.282 e. The fraction of sp³-hybridized carbons (Fsp3) is 0.323. The number of benzene rings is 3. The first-order valence-corrected chi connectivity index (χ1v) is 13.8. The Balaban J connectivity index is 1.99. The van der Waals surface area contributed by atoms with Crippen LogP contribution in [0.1, 0.15) is 57.2 Å². The van der Waals surface area contributed by atoms with Crippen LogP contribution in [0, 0.1) is 6.92 Å². The lowest BCUT2D eigenvalue weighted by atomic mass is 9.96. The Morgan fingerprint density at radius 1 is 1.08 bits per heavy atom. The topological polar surface area (TPSA) is 74.9 Å². The summed E-state index contributed by atoms with van der Waals surface area (Å²) in [6.07, 6.45) is 1.52. The second kappa shape index (κ2) is 12.0. The molecule has 8 heteroatoms. The van der Waals surface area contributed by atoms with Crippen LogP contribution in [0.15, 0.2) is 62.9 Å². The highest BCUT2D eigenvalue weighted by Gasteiger charge is 2.19. The summed E-state index contributed by atoms with van der Waals surface area (Å²) in [5.74, 6) is 2.60. The number of hydrogen-bond acceptors (Lipinski definition) is 6. The van der Waals surface area contributed by atoms with Crippen LogP contribution < -0.4 is 19.8 Å². The van der Waals surface area contributed by atoms with Gasteiger partial charge in [0.1, 0.15) is 5.75 Å². The number of para-hydroxylation sites is 1. The van der Waals surface area contributed by atoms with Crippen LogP contribution in [0.5, 0.6) is 17.2 Å². The molecular weight excluding hydrogens is 558 g/mol. The highest BCUT2D eigenvalue weighted by Crippen LogP contribution is 2.36. The highest BCUT2D eigenvalue weighted by atomic mass is 79.9. The number of aryl methyl sites for hydroxylation is 1. The van der Waals surface area contributed by atoms with E-state index in [1.54, 1.807) is 19.4 Å². The number of rotatable bonds is 9.